The summed E-state index contributed by atoms with van der Waals surface area (Å²) in [7, 11) is 0. The Morgan fingerprint density at radius 1 is 1.22 bits per heavy atom. The topological polar surface area (TPSA) is 151 Å². The summed E-state index contributed by atoms with van der Waals surface area (Å²) < 4.78 is 0. The minimum absolute atomic E-state index is 0.0714. The van der Waals surface area contributed by atoms with Crippen LogP contribution in [0.4, 0.5) is 17.1 Å². The van der Waals surface area contributed by atoms with E-state index in [1.165, 1.54) is 36.4 Å². The molecular formula is C17H12ClN5O4. The predicted molar refractivity (Wildman–Crippen MR) is 98.8 cm³/mol. The number of nitrogens with two attached hydrogens (primary N) is 1. The Hall–Kier alpha value is -3.90. The summed E-state index contributed by atoms with van der Waals surface area (Å²) in [6.45, 7) is 0. The molecule has 0 fully saturated rings. The van der Waals surface area contributed by atoms with Crippen LogP contribution in [0, 0.1) is 21.4 Å². The number of benzene rings is 2. The van der Waals surface area contributed by atoms with E-state index in [1.807, 2.05) is 0 Å². The molecule has 0 aliphatic carbocycles. The van der Waals surface area contributed by atoms with Crippen molar-refractivity contribution in [3.63, 3.8) is 0 Å². The van der Waals surface area contributed by atoms with Gasteiger partial charge in [-0.05, 0) is 36.4 Å². The van der Waals surface area contributed by atoms with Crippen LogP contribution >= 0.6 is 11.6 Å². The Labute approximate surface area is 158 Å². The Balaban J connectivity index is 2.11. The number of hydrogen-bond donors (Lipinski definition) is 3. The summed E-state index contributed by atoms with van der Waals surface area (Å²) in [5, 5.41) is 24.5. The Bertz CT molecular complexity index is 980. The Morgan fingerprint density at radius 3 is 2.48 bits per heavy atom. The minimum Gasteiger partial charge on any atom is -0.399 e. The van der Waals surface area contributed by atoms with E-state index in [1.54, 1.807) is 6.07 Å². The van der Waals surface area contributed by atoms with E-state index in [4.69, 9.17) is 22.6 Å². The standard InChI is InChI=1S/C17H12ClN5O4/c18-14-6-5-13(7-15(14)23(26)27)22-17(25)11(8-19)9-21-16(24)10-1-3-12(20)4-2-10/h1-7,9H,20H2,(H,21,24)(H,22,25)/b11-9-. The highest BCUT2D eigenvalue weighted by molar-refractivity contribution is 6.32. The van der Waals surface area contributed by atoms with Crippen LogP contribution in [-0.2, 0) is 4.79 Å². The van der Waals surface area contributed by atoms with E-state index in [2.05, 4.69) is 10.6 Å². The van der Waals surface area contributed by atoms with Gasteiger partial charge in [-0.25, -0.2) is 0 Å². The molecule has 9 nitrogen and oxygen atoms in total. The van der Waals surface area contributed by atoms with E-state index in [0.717, 1.165) is 12.3 Å². The number of nitro groups is 1. The molecule has 0 spiro atoms. The van der Waals surface area contributed by atoms with Gasteiger partial charge in [0.1, 0.15) is 16.7 Å². The molecule has 0 atom stereocenters. The number of rotatable bonds is 5. The molecular weight excluding hydrogens is 374 g/mol. The number of nitriles is 1. The lowest BCUT2D eigenvalue weighted by Crippen LogP contribution is -2.21. The number of nitrogens with zero attached hydrogens (tertiary/aromatic N) is 2. The molecule has 0 saturated heterocycles. The third-order valence-electron chi connectivity index (χ3n) is 3.29. The molecule has 2 amide bonds. The van der Waals surface area contributed by atoms with E-state index >= 15 is 0 Å². The first-order valence-corrected chi connectivity index (χ1v) is 7.71. The van der Waals surface area contributed by atoms with Gasteiger partial charge in [0.05, 0.1) is 4.92 Å². The van der Waals surface area contributed by atoms with Crippen LogP contribution in [0.2, 0.25) is 5.02 Å². The summed E-state index contributed by atoms with van der Waals surface area (Å²) >= 11 is 5.70. The molecule has 0 aromatic heterocycles. The number of nitrogen functional groups attached to an aromatic ring is 1. The summed E-state index contributed by atoms with van der Waals surface area (Å²) in [4.78, 5) is 34.3. The van der Waals surface area contributed by atoms with Crippen LogP contribution < -0.4 is 16.4 Å². The first kappa shape index (κ1) is 19.4. The third kappa shape index (κ3) is 5.04. The van der Waals surface area contributed by atoms with Crippen molar-refractivity contribution in [2.75, 3.05) is 11.1 Å². The Morgan fingerprint density at radius 2 is 1.89 bits per heavy atom. The van der Waals surface area contributed by atoms with Crippen molar-refractivity contribution < 1.29 is 14.5 Å². The quantitative estimate of drug-likeness (QED) is 0.236. The van der Waals surface area contributed by atoms with Gasteiger partial charge in [-0.2, -0.15) is 5.26 Å². The maximum atomic E-state index is 12.1. The van der Waals surface area contributed by atoms with Gasteiger partial charge in [-0.15, -0.1) is 0 Å². The normalized spacial score (nSPS) is 10.6. The zero-order valence-electron chi connectivity index (χ0n) is 13.6. The molecule has 0 saturated carbocycles. The number of nitrogens with one attached hydrogen (secondary N) is 2. The van der Waals surface area contributed by atoms with Crippen molar-refractivity contribution in [3.8, 4) is 6.07 Å². The van der Waals surface area contributed by atoms with Crippen molar-refractivity contribution >= 4 is 40.5 Å². The smallest absolute Gasteiger partial charge is 0.289 e. The highest BCUT2D eigenvalue weighted by Gasteiger charge is 2.16. The monoisotopic (exact) mass is 385 g/mol. The fraction of sp³-hybridized carbons (Fsp3) is 0. The largest absolute Gasteiger partial charge is 0.399 e. The Kier molecular flexibility index (Phi) is 6.09. The molecule has 2 aromatic carbocycles. The van der Waals surface area contributed by atoms with Crippen LogP contribution in [0.3, 0.4) is 0 Å². The van der Waals surface area contributed by atoms with Crippen LogP contribution in [0.25, 0.3) is 0 Å². The zero-order chi connectivity index (χ0) is 20.0. The van der Waals surface area contributed by atoms with E-state index in [0.29, 0.717) is 5.69 Å². The number of carbonyl (C=O) groups is 2. The number of amides is 2. The van der Waals surface area contributed by atoms with Gasteiger partial charge in [0.2, 0.25) is 0 Å². The maximum Gasteiger partial charge on any atom is 0.289 e. The second-order valence-corrected chi connectivity index (χ2v) is 5.55. The summed E-state index contributed by atoms with van der Waals surface area (Å²) in [6, 6.07) is 11.3. The zero-order valence-corrected chi connectivity index (χ0v) is 14.4. The van der Waals surface area contributed by atoms with Crippen LogP contribution in [0.15, 0.2) is 54.2 Å². The van der Waals surface area contributed by atoms with Crippen molar-refractivity contribution in [2.45, 2.75) is 0 Å². The molecule has 0 aliphatic rings. The molecule has 2 aromatic rings. The molecule has 2 rings (SSSR count). The highest BCUT2D eigenvalue weighted by Crippen LogP contribution is 2.27. The van der Waals surface area contributed by atoms with Gasteiger partial charge in [0.25, 0.3) is 17.5 Å². The number of carbonyl (C=O) groups excluding carboxylic acids is 2. The van der Waals surface area contributed by atoms with Gasteiger partial charge < -0.3 is 16.4 Å². The molecule has 0 bridgehead atoms. The highest BCUT2D eigenvalue weighted by atomic mass is 35.5. The molecule has 136 valence electrons. The van der Waals surface area contributed by atoms with Crippen LogP contribution in [0.1, 0.15) is 10.4 Å². The molecule has 0 heterocycles. The molecule has 27 heavy (non-hydrogen) atoms. The second kappa shape index (κ2) is 8.46. The van der Waals surface area contributed by atoms with Crippen LogP contribution in [0.5, 0.6) is 0 Å². The van der Waals surface area contributed by atoms with Crippen molar-refractivity contribution in [1.82, 2.24) is 5.32 Å². The first-order valence-electron chi connectivity index (χ1n) is 7.34. The minimum atomic E-state index is -0.855. The van der Waals surface area contributed by atoms with Gasteiger partial charge in [-0.1, -0.05) is 11.6 Å². The number of hydrogen-bond acceptors (Lipinski definition) is 6. The molecule has 10 heteroatoms. The van der Waals surface area contributed by atoms with E-state index in [9.17, 15) is 19.7 Å². The van der Waals surface area contributed by atoms with Crippen molar-refractivity contribution in [2.24, 2.45) is 0 Å². The number of anilines is 2. The number of halogens is 1. The van der Waals surface area contributed by atoms with Gasteiger partial charge >= 0.3 is 0 Å². The van der Waals surface area contributed by atoms with Crippen LogP contribution in [-0.4, -0.2) is 16.7 Å². The van der Waals surface area contributed by atoms with E-state index < -0.39 is 28.0 Å². The lowest BCUT2D eigenvalue weighted by atomic mass is 10.2. The maximum absolute atomic E-state index is 12.1. The average Bonchev–Trinajstić information content (AvgIpc) is 2.64. The van der Waals surface area contributed by atoms with Gasteiger partial charge in [0.15, 0.2) is 0 Å². The molecule has 0 radical (unpaired) electrons. The number of nitro benzene ring substituents is 1. The fourth-order valence-electron chi connectivity index (χ4n) is 1.93. The van der Waals surface area contributed by atoms with Gasteiger partial charge in [0, 0.05) is 29.2 Å². The summed E-state index contributed by atoms with van der Waals surface area (Å²) in [5.41, 5.74) is 5.57. The molecule has 4 N–H and O–H groups in total. The second-order valence-electron chi connectivity index (χ2n) is 5.14. The molecule has 0 aliphatic heterocycles. The SMILES string of the molecule is N#C/C(=C/NC(=O)c1ccc(N)cc1)C(=O)Nc1ccc(Cl)c([N+](=O)[O-])c1. The predicted octanol–water partition coefficient (Wildman–Crippen LogP) is 2.61. The lowest BCUT2D eigenvalue weighted by Gasteiger charge is -2.06. The van der Waals surface area contributed by atoms with Crippen molar-refractivity contribution in [3.05, 3.63) is 74.9 Å². The lowest BCUT2D eigenvalue weighted by molar-refractivity contribution is -0.384. The first-order chi connectivity index (χ1) is 12.8. The molecule has 0 unspecified atom stereocenters. The van der Waals surface area contributed by atoms with Crippen molar-refractivity contribution in [1.29, 1.82) is 5.26 Å². The summed E-state index contributed by atoms with van der Waals surface area (Å²) in [6.07, 6.45) is 0.943. The average molecular weight is 386 g/mol. The fourth-order valence-corrected chi connectivity index (χ4v) is 2.12. The summed E-state index contributed by atoms with van der Waals surface area (Å²) in [5.74, 6) is -1.40. The van der Waals surface area contributed by atoms with E-state index in [-0.39, 0.29) is 16.3 Å². The van der Waals surface area contributed by atoms with Gasteiger partial charge in [-0.3, -0.25) is 19.7 Å². The third-order valence-corrected chi connectivity index (χ3v) is 3.61.